The predicted octanol–water partition coefficient (Wildman–Crippen LogP) is 2.83. The molecule has 1 unspecified atom stereocenters. The van der Waals surface area contributed by atoms with E-state index in [1.54, 1.807) is 0 Å². The number of ether oxygens (including phenoxy) is 1. The number of hydrogen-bond donors (Lipinski definition) is 1. The standard InChI is InChI=1S/C23H32ClN3O2/c1-25(17-20-7-3-2-4-8-20)18-21(28)19-27-13-11-26(12-14-27)15-16-29-23-10-6-5-9-22(23)24/h2-10,21,28H,11-19H2,1H3. The van der Waals surface area contributed by atoms with Gasteiger partial charge in [0.2, 0.25) is 0 Å². The maximum Gasteiger partial charge on any atom is 0.137 e. The number of nitrogens with zero attached hydrogens (tertiary/aromatic N) is 3. The molecule has 3 rings (SSSR count). The maximum absolute atomic E-state index is 10.5. The molecule has 1 N–H and O–H groups in total. The predicted molar refractivity (Wildman–Crippen MR) is 119 cm³/mol. The second kappa shape index (κ2) is 11.5. The van der Waals surface area contributed by atoms with Crippen LogP contribution in [-0.4, -0.2) is 85.4 Å². The van der Waals surface area contributed by atoms with Crippen molar-refractivity contribution in [3.8, 4) is 5.75 Å². The summed E-state index contributed by atoms with van der Waals surface area (Å²) in [4.78, 5) is 6.94. The van der Waals surface area contributed by atoms with Gasteiger partial charge in [0.05, 0.1) is 11.1 Å². The molecule has 0 spiro atoms. The summed E-state index contributed by atoms with van der Waals surface area (Å²) in [5.74, 6) is 0.746. The van der Waals surface area contributed by atoms with Crippen LogP contribution in [0.5, 0.6) is 5.75 Å². The first-order valence-corrected chi connectivity index (χ1v) is 10.7. The van der Waals surface area contributed by atoms with Crippen LogP contribution in [0.1, 0.15) is 5.56 Å². The molecule has 5 nitrogen and oxygen atoms in total. The smallest absolute Gasteiger partial charge is 0.137 e. The van der Waals surface area contributed by atoms with Crippen LogP contribution in [-0.2, 0) is 6.54 Å². The molecule has 0 amide bonds. The van der Waals surface area contributed by atoms with Crippen molar-refractivity contribution in [2.75, 3.05) is 59.5 Å². The first-order chi connectivity index (χ1) is 14.1. The molecule has 1 aliphatic rings. The van der Waals surface area contributed by atoms with E-state index in [9.17, 15) is 5.11 Å². The third kappa shape index (κ3) is 7.61. The van der Waals surface area contributed by atoms with Gasteiger partial charge in [0.1, 0.15) is 12.4 Å². The lowest BCUT2D eigenvalue weighted by Crippen LogP contribution is -2.50. The van der Waals surface area contributed by atoms with Crippen molar-refractivity contribution in [2.45, 2.75) is 12.6 Å². The summed E-state index contributed by atoms with van der Waals surface area (Å²) in [6, 6.07) is 18.0. The number of aliphatic hydroxyl groups is 1. The van der Waals surface area contributed by atoms with Gasteiger partial charge in [-0.2, -0.15) is 0 Å². The fourth-order valence-corrected chi connectivity index (χ4v) is 3.91. The average Bonchev–Trinajstić information content (AvgIpc) is 2.71. The molecule has 1 fully saturated rings. The molecule has 158 valence electrons. The van der Waals surface area contributed by atoms with E-state index in [0.717, 1.165) is 51.6 Å². The first kappa shape index (κ1) is 22.1. The zero-order valence-corrected chi connectivity index (χ0v) is 18.0. The van der Waals surface area contributed by atoms with E-state index in [4.69, 9.17) is 16.3 Å². The van der Waals surface area contributed by atoms with Gasteiger partial charge in [-0.1, -0.05) is 54.1 Å². The van der Waals surface area contributed by atoms with Crippen molar-refractivity contribution in [2.24, 2.45) is 0 Å². The van der Waals surface area contributed by atoms with Gasteiger partial charge in [0, 0.05) is 52.4 Å². The fourth-order valence-electron chi connectivity index (χ4n) is 3.72. The third-order valence-electron chi connectivity index (χ3n) is 5.25. The largest absolute Gasteiger partial charge is 0.491 e. The van der Waals surface area contributed by atoms with E-state index in [0.29, 0.717) is 18.2 Å². The minimum absolute atomic E-state index is 0.334. The van der Waals surface area contributed by atoms with Gasteiger partial charge in [0.25, 0.3) is 0 Å². The molecule has 0 aromatic heterocycles. The van der Waals surface area contributed by atoms with E-state index in [-0.39, 0.29) is 6.10 Å². The van der Waals surface area contributed by atoms with Crippen LogP contribution in [0.2, 0.25) is 5.02 Å². The lowest BCUT2D eigenvalue weighted by Gasteiger charge is -2.36. The second-order valence-electron chi connectivity index (χ2n) is 7.76. The van der Waals surface area contributed by atoms with Crippen molar-refractivity contribution in [1.29, 1.82) is 0 Å². The summed E-state index contributed by atoms with van der Waals surface area (Å²) >= 11 is 6.12. The van der Waals surface area contributed by atoms with Crippen molar-refractivity contribution in [3.05, 3.63) is 65.2 Å². The summed E-state index contributed by atoms with van der Waals surface area (Å²) < 4.78 is 5.79. The molecule has 0 saturated carbocycles. The molecule has 1 heterocycles. The molecule has 0 bridgehead atoms. The Bertz CT molecular complexity index is 723. The molecule has 1 atom stereocenters. The highest BCUT2D eigenvalue weighted by Gasteiger charge is 2.20. The Morgan fingerprint density at radius 2 is 1.66 bits per heavy atom. The first-order valence-electron chi connectivity index (χ1n) is 10.3. The number of β-amino-alcohol motifs (C(OH)–C–C–N with tert-alkyl or cyclic N) is 1. The van der Waals surface area contributed by atoms with Crippen LogP contribution in [0.4, 0.5) is 0 Å². The van der Waals surface area contributed by atoms with Gasteiger partial charge in [0.15, 0.2) is 0 Å². The monoisotopic (exact) mass is 417 g/mol. The normalized spacial score (nSPS) is 16.8. The number of likely N-dealkylation sites (N-methyl/N-ethyl adjacent to an activating group) is 1. The molecule has 1 aliphatic heterocycles. The summed E-state index contributed by atoms with van der Waals surface area (Å²) in [7, 11) is 2.06. The maximum atomic E-state index is 10.5. The highest BCUT2D eigenvalue weighted by molar-refractivity contribution is 6.32. The van der Waals surface area contributed by atoms with E-state index < -0.39 is 0 Å². The van der Waals surface area contributed by atoms with Gasteiger partial charge in [-0.15, -0.1) is 0 Å². The molecule has 1 saturated heterocycles. The summed E-state index contributed by atoms with van der Waals surface area (Å²) in [5.41, 5.74) is 1.27. The van der Waals surface area contributed by atoms with Crippen LogP contribution >= 0.6 is 11.6 Å². The number of para-hydroxylation sites is 1. The fraction of sp³-hybridized carbons (Fsp3) is 0.478. The van der Waals surface area contributed by atoms with E-state index in [1.807, 2.05) is 30.3 Å². The van der Waals surface area contributed by atoms with Crippen LogP contribution in [0.3, 0.4) is 0 Å². The number of rotatable bonds is 10. The topological polar surface area (TPSA) is 39.2 Å². The van der Waals surface area contributed by atoms with Crippen molar-refractivity contribution >= 4 is 11.6 Å². The van der Waals surface area contributed by atoms with E-state index >= 15 is 0 Å². The lowest BCUT2D eigenvalue weighted by atomic mass is 10.2. The van der Waals surface area contributed by atoms with Gasteiger partial charge in [-0.05, 0) is 24.7 Å². The van der Waals surface area contributed by atoms with Crippen molar-refractivity contribution < 1.29 is 9.84 Å². The van der Waals surface area contributed by atoms with Gasteiger partial charge >= 0.3 is 0 Å². The number of aliphatic hydroxyl groups excluding tert-OH is 1. The molecular formula is C23H32ClN3O2. The van der Waals surface area contributed by atoms with Gasteiger partial charge in [-0.3, -0.25) is 14.7 Å². The third-order valence-corrected chi connectivity index (χ3v) is 5.57. The Kier molecular flexibility index (Phi) is 8.77. The SMILES string of the molecule is CN(Cc1ccccc1)CC(O)CN1CCN(CCOc2ccccc2Cl)CC1. The average molecular weight is 418 g/mol. The zero-order chi connectivity index (χ0) is 20.5. The Morgan fingerprint density at radius 1 is 1.00 bits per heavy atom. The van der Waals surface area contributed by atoms with Gasteiger partial charge < -0.3 is 9.84 Å². The van der Waals surface area contributed by atoms with Crippen molar-refractivity contribution in [1.82, 2.24) is 14.7 Å². The number of halogens is 1. The number of hydrogen-bond acceptors (Lipinski definition) is 5. The minimum atomic E-state index is -0.334. The van der Waals surface area contributed by atoms with Crippen LogP contribution < -0.4 is 4.74 Å². The Labute approximate surface area is 179 Å². The van der Waals surface area contributed by atoms with Crippen LogP contribution in [0.25, 0.3) is 0 Å². The number of piperazine rings is 1. The Balaban J connectivity index is 1.30. The minimum Gasteiger partial charge on any atom is -0.491 e. The molecule has 0 aliphatic carbocycles. The molecule has 2 aromatic rings. The molecular weight excluding hydrogens is 386 g/mol. The van der Waals surface area contributed by atoms with Gasteiger partial charge in [-0.25, -0.2) is 0 Å². The molecule has 6 heteroatoms. The Morgan fingerprint density at radius 3 is 2.38 bits per heavy atom. The summed E-state index contributed by atoms with van der Waals surface area (Å²) in [6.45, 7) is 7.74. The highest BCUT2D eigenvalue weighted by atomic mass is 35.5. The number of benzene rings is 2. The second-order valence-corrected chi connectivity index (χ2v) is 8.16. The summed E-state index contributed by atoms with van der Waals surface area (Å²) in [6.07, 6.45) is -0.334. The van der Waals surface area contributed by atoms with E-state index in [1.165, 1.54) is 5.56 Å². The van der Waals surface area contributed by atoms with E-state index in [2.05, 4.69) is 46.0 Å². The Hall–Kier alpha value is -1.63. The molecule has 29 heavy (non-hydrogen) atoms. The van der Waals surface area contributed by atoms with Crippen LogP contribution in [0, 0.1) is 0 Å². The quantitative estimate of drug-likeness (QED) is 0.643. The zero-order valence-electron chi connectivity index (χ0n) is 17.2. The van der Waals surface area contributed by atoms with Crippen molar-refractivity contribution in [3.63, 3.8) is 0 Å². The molecule has 2 aromatic carbocycles. The summed E-state index contributed by atoms with van der Waals surface area (Å²) in [5, 5.41) is 11.1. The highest BCUT2D eigenvalue weighted by Crippen LogP contribution is 2.22. The molecule has 0 radical (unpaired) electrons. The van der Waals surface area contributed by atoms with Crippen LogP contribution in [0.15, 0.2) is 54.6 Å². The lowest BCUT2D eigenvalue weighted by molar-refractivity contribution is 0.0512.